The number of halogens is 2. The van der Waals surface area contributed by atoms with Crippen LogP contribution in [0.15, 0.2) is 46.9 Å². The van der Waals surface area contributed by atoms with Gasteiger partial charge in [-0.1, -0.05) is 51.1 Å². The number of carbonyl (C=O) groups excluding carboxylic acids is 1. The molecule has 2 radical (unpaired) electrons. The molecule has 6 nitrogen and oxygen atoms in total. The Morgan fingerprint density at radius 3 is 2.59 bits per heavy atom. The number of carbonyl (C=O) groups is 1. The van der Waals surface area contributed by atoms with E-state index in [-0.39, 0.29) is 40.7 Å². The normalized spacial score (nSPS) is 17.9. The summed E-state index contributed by atoms with van der Waals surface area (Å²) in [6.45, 7) is 11.3. The molecule has 2 aromatic rings. The molecule has 1 aliphatic heterocycles. The molecule has 0 unspecified atom stereocenters. The molecule has 10 heteroatoms. The second kappa shape index (κ2) is 11.3. The molecular weight excluding hydrogens is 537 g/mol. The monoisotopic (exact) mass is 567 g/mol. The van der Waals surface area contributed by atoms with E-state index in [1.807, 2.05) is 30.3 Å². The van der Waals surface area contributed by atoms with Crippen molar-refractivity contribution in [2.45, 2.75) is 63.8 Å². The van der Waals surface area contributed by atoms with E-state index in [1.54, 1.807) is 0 Å². The van der Waals surface area contributed by atoms with Crippen molar-refractivity contribution >= 4 is 45.8 Å². The summed E-state index contributed by atoms with van der Waals surface area (Å²) >= 11 is 3.15. The second-order valence-corrected chi connectivity index (χ2v) is 17.2. The van der Waals surface area contributed by atoms with Crippen molar-refractivity contribution < 1.29 is 27.5 Å². The molecule has 2 atom stereocenters. The summed E-state index contributed by atoms with van der Waals surface area (Å²) in [5.74, 6) is -0.273. The Morgan fingerprint density at radius 2 is 1.91 bits per heavy atom. The molecule has 2 aromatic carbocycles. The van der Waals surface area contributed by atoms with Crippen LogP contribution in [0.1, 0.15) is 26.3 Å². The fourth-order valence-corrected chi connectivity index (χ4v) is 7.44. The fraction of sp³-hybridized carbons (Fsp3) is 0.458. The highest BCUT2D eigenvalue weighted by molar-refractivity contribution is 9.10. The molecule has 1 fully saturated rings. The van der Waals surface area contributed by atoms with E-state index in [0.717, 1.165) is 11.6 Å². The van der Waals surface area contributed by atoms with Gasteiger partial charge in [-0.2, -0.15) is 0 Å². The van der Waals surface area contributed by atoms with Gasteiger partial charge in [0.2, 0.25) is 9.76 Å². The zero-order valence-corrected chi connectivity index (χ0v) is 23.7. The molecule has 0 aromatic heterocycles. The Bertz CT molecular complexity index is 987. The molecule has 0 bridgehead atoms. The summed E-state index contributed by atoms with van der Waals surface area (Å²) < 4.78 is 37.5. The number of epoxide rings is 1. The quantitative estimate of drug-likeness (QED) is 0.260. The maximum Gasteiger partial charge on any atom is 0.412 e. The molecule has 1 amide bonds. The van der Waals surface area contributed by atoms with Crippen LogP contribution >= 0.6 is 15.9 Å². The van der Waals surface area contributed by atoms with Crippen LogP contribution < -0.4 is 10.1 Å². The lowest BCUT2D eigenvalue weighted by Crippen LogP contribution is -2.36. The van der Waals surface area contributed by atoms with Gasteiger partial charge in [-0.3, -0.25) is 5.32 Å². The third kappa shape index (κ3) is 8.81. The van der Waals surface area contributed by atoms with Crippen molar-refractivity contribution in [3.8, 4) is 5.75 Å². The van der Waals surface area contributed by atoms with Gasteiger partial charge in [0.1, 0.15) is 30.9 Å². The average molecular weight is 569 g/mol. The van der Waals surface area contributed by atoms with Crippen molar-refractivity contribution in [3.05, 3.63) is 58.3 Å². The molecule has 1 saturated heterocycles. The van der Waals surface area contributed by atoms with Gasteiger partial charge < -0.3 is 18.3 Å². The zero-order chi connectivity index (χ0) is 24.9. The highest BCUT2D eigenvalue weighted by Crippen LogP contribution is 2.35. The number of rotatable bonds is 10. The van der Waals surface area contributed by atoms with Crippen LogP contribution in [0.4, 0.5) is 14.9 Å². The Balaban J connectivity index is 1.53. The number of nitrogens with one attached hydrogen (secondary N) is 1. The molecular formula is C24H31BrFNO5Si2. The van der Waals surface area contributed by atoms with Crippen molar-refractivity contribution in [2.75, 3.05) is 11.9 Å². The van der Waals surface area contributed by atoms with Gasteiger partial charge in [-0.15, -0.1) is 0 Å². The third-order valence-corrected chi connectivity index (χ3v) is 10.1. The van der Waals surface area contributed by atoms with Crippen LogP contribution in [0.5, 0.6) is 5.75 Å². The Morgan fingerprint density at radius 1 is 1.21 bits per heavy atom. The van der Waals surface area contributed by atoms with Crippen molar-refractivity contribution in [3.63, 3.8) is 0 Å². The molecule has 0 spiro atoms. The van der Waals surface area contributed by atoms with Crippen molar-refractivity contribution in [1.82, 2.24) is 0 Å². The standard InChI is InChI=1S/C24H31BrFNO5Si2/c1-24(2,3)33-32-34(4,5)15-22-21(31-22)14-29-20-12-18(26)17(25)11-19(20)27-23(28)30-13-16-9-7-6-8-10-16/h6-12,21-22H,13-15H2,1-5H3,(H,27,28)/t21-,22-/m1/s1. The van der Waals surface area contributed by atoms with Gasteiger partial charge >= 0.3 is 6.09 Å². The van der Waals surface area contributed by atoms with E-state index in [1.165, 1.54) is 12.1 Å². The lowest BCUT2D eigenvalue weighted by Gasteiger charge is -2.26. The molecule has 0 saturated carbocycles. The van der Waals surface area contributed by atoms with E-state index in [0.29, 0.717) is 15.5 Å². The van der Waals surface area contributed by atoms with Gasteiger partial charge in [0.05, 0.1) is 16.3 Å². The van der Waals surface area contributed by atoms with E-state index in [9.17, 15) is 9.18 Å². The summed E-state index contributed by atoms with van der Waals surface area (Å²) in [6, 6.07) is 12.9. The Labute approximate surface area is 212 Å². The zero-order valence-electron chi connectivity index (χ0n) is 20.1. The van der Waals surface area contributed by atoms with E-state index < -0.39 is 20.2 Å². The van der Waals surface area contributed by atoms with Gasteiger partial charge in [0.25, 0.3) is 0 Å². The average Bonchev–Trinajstić information content (AvgIpc) is 3.49. The van der Waals surface area contributed by atoms with Crippen LogP contribution in [0.3, 0.4) is 0 Å². The first-order valence-corrected chi connectivity index (χ1v) is 15.9. The molecule has 1 heterocycles. The first-order valence-electron chi connectivity index (χ1n) is 11.1. The Kier molecular flexibility index (Phi) is 8.96. The second-order valence-electron chi connectivity index (χ2n) is 9.89. The van der Waals surface area contributed by atoms with E-state index >= 15 is 0 Å². The summed E-state index contributed by atoms with van der Waals surface area (Å²) in [6.07, 6.45) is -0.672. The minimum atomic E-state index is -1.86. The van der Waals surface area contributed by atoms with Gasteiger partial charge in [-0.25, -0.2) is 9.18 Å². The van der Waals surface area contributed by atoms with Crippen LogP contribution in [0, 0.1) is 5.82 Å². The summed E-state index contributed by atoms with van der Waals surface area (Å²) in [5, 5.41) is 2.78. The van der Waals surface area contributed by atoms with Crippen LogP contribution in [-0.4, -0.2) is 43.0 Å². The molecule has 1 N–H and O–H groups in total. The van der Waals surface area contributed by atoms with Crippen molar-refractivity contribution in [1.29, 1.82) is 0 Å². The van der Waals surface area contributed by atoms with E-state index in [4.69, 9.17) is 18.3 Å². The van der Waals surface area contributed by atoms with Crippen LogP contribution in [0.2, 0.25) is 24.2 Å². The van der Waals surface area contributed by atoms with Crippen molar-refractivity contribution in [2.24, 2.45) is 0 Å². The summed E-state index contributed by atoms with van der Waals surface area (Å²) in [7, 11) is -1.41. The van der Waals surface area contributed by atoms with E-state index in [2.05, 4.69) is 55.1 Å². The Hall–Kier alpha value is -1.73. The number of anilines is 1. The minimum absolute atomic E-state index is 0.0685. The third-order valence-electron chi connectivity index (χ3n) is 4.89. The number of hydrogen-bond acceptors (Lipinski definition) is 5. The number of amides is 1. The lowest BCUT2D eigenvalue weighted by molar-refractivity contribution is 0.155. The molecule has 34 heavy (non-hydrogen) atoms. The van der Waals surface area contributed by atoms with Gasteiger partial charge in [-0.05, 0) is 51.7 Å². The van der Waals surface area contributed by atoms with Crippen LogP contribution in [-0.2, 0) is 20.2 Å². The van der Waals surface area contributed by atoms with Crippen LogP contribution in [0.25, 0.3) is 0 Å². The SMILES string of the molecule is CC(C)(C)[Si]O[Si](C)(C)C[C@H]1O[C@@H]1COc1cc(F)c(Br)cc1NC(=O)OCc1ccccc1. The van der Waals surface area contributed by atoms with Gasteiger partial charge in [0.15, 0.2) is 8.32 Å². The maximum atomic E-state index is 14.2. The largest absolute Gasteiger partial charge is 0.488 e. The number of ether oxygens (including phenoxy) is 3. The smallest absolute Gasteiger partial charge is 0.412 e. The molecule has 3 rings (SSSR count). The highest BCUT2D eigenvalue weighted by Gasteiger charge is 2.44. The number of benzene rings is 2. The fourth-order valence-electron chi connectivity index (χ4n) is 3.11. The summed E-state index contributed by atoms with van der Waals surface area (Å²) in [4.78, 5) is 12.3. The topological polar surface area (TPSA) is 69.3 Å². The lowest BCUT2D eigenvalue weighted by atomic mass is 10.2. The molecule has 184 valence electrons. The van der Waals surface area contributed by atoms with Gasteiger partial charge in [0, 0.05) is 6.07 Å². The minimum Gasteiger partial charge on any atom is -0.488 e. The highest BCUT2D eigenvalue weighted by atomic mass is 79.9. The predicted molar refractivity (Wildman–Crippen MR) is 137 cm³/mol. The molecule has 0 aliphatic carbocycles. The maximum absolute atomic E-state index is 14.2. The first kappa shape index (κ1) is 26.9. The number of hydrogen-bond donors (Lipinski definition) is 1. The molecule has 1 aliphatic rings. The summed E-state index contributed by atoms with van der Waals surface area (Å²) in [5.41, 5.74) is 1.18. The predicted octanol–water partition coefficient (Wildman–Crippen LogP) is 6.54. The first-order chi connectivity index (χ1) is 15.9.